The van der Waals surface area contributed by atoms with Crippen LogP contribution in [0.25, 0.3) is 0 Å². The Bertz CT molecular complexity index is 874. The Morgan fingerprint density at radius 3 is 2.50 bits per heavy atom. The summed E-state index contributed by atoms with van der Waals surface area (Å²) in [5.74, 6) is 2.82. The van der Waals surface area contributed by atoms with Crippen molar-refractivity contribution in [3.63, 3.8) is 0 Å². The predicted octanol–water partition coefficient (Wildman–Crippen LogP) is 5.27. The lowest BCUT2D eigenvalue weighted by Crippen LogP contribution is -2.47. The lowest BCUT2D eigenvalue weighted by Gasteiger charge is -2.56. The monoisotopic (exact) mass is 401 g/mol. The standard InChI is InChI=1S/C22H25ClFN3O/c23-19-8-18(24)2-1-17(19)13-27-4-3-20(26-27)25-21(28)12-22-9-14-5-15(10-22)7-16(6-14)11-22/h1-4,8,14-16H,5-7,9-13H2,(H,25,26,28). The molecule has 148 valence electrons. The highest BCUT2D eigenvalue weighted by Gasteiger charge is 2.51. The van der Waals surface area contributed by atoms with E-state index in [0.717, 1.165) is 23.3 Å². The fourth-order valence-corrected chi connectivity index (χ4v) is 6.60. The first-order valence-corrected chi connectivity index (χ1v) is 10.6. The zero-order valence-corrected chi connectivity index (χ0v) is 16.6. The average Bonchev–Trinajstić information content (AvgIpc) is 3.02. The third-order valence-corrected chi connectivity index (χ3v) is 7.31. The first kappa shape index (κ1) is 18.2. The molecule has 0 spiro atoms. The Labute approximate surface area is 169 Å². The normalized spacial score (nSPS) is 30.6. The number of nitrogens with one attached hydrogen (secondary N) is 1. The minimum absolute atomic E-state index is 0.0759. The minimum atomic E-state index is -0.355. The van der Waals surface area contributed by atoms with Gasteiger partial charge in [0.25, 0.3) is 0 Å². The van der Waals surface area contributed by atoms with Gasteiger partial charge in [0, 0.05) is 23.7 Å². The number of benzene rings is 1. The van der Waals surface area contributed by atoms with E-state index in [1.165, 1.54) is 50.7 Å². The number of nitrogens with zero attached hydrogens (tertiary/aromatic N) is 2. The maximum absolute atomic E-state index is 13.2. The Morgan fingerprint density at radius 1 is 1.18 bits per heavy atom. The highest BCUT2D eigenvalue weighted by Crippen LogP contribution is 2.61. The molecule has 0 saturated heterocycles. The highest BCUT2D eigenvalue weighted by molar-refractivity contribution is 6.31. The Hall–Kier alpha value is -1.88. The van der Waals surface area contributed by atoms with Crippen LogP contribution in [0.1, 0.15) is 50.5 Å². The fraction of sp³-hybridized carbons (Fsp3) is 0.545. The number of hydrogen-bond donors (Lipinski definition) is 1. The molecular formula is C22H25ClFN3O. The van der Waals surface area contributed by atoms with Gasteiger partial charge in [0.2, 0.25) is 5.91 Å². The van der Waals surface area contributed by atoms with Crippen molar-refractivity contribution in [2.24, 2.45) is 23.2 Å². The number of hydrogen-bond acceptors (Lipinski definition) is 2. The van der Waals surface area contributed by atoms with Gasteiger partial charge in [0.15, 0.2) is 5.82 Å². The molecule has 6 heteroatoms. The van der Waals surface area contributed by atoms with E-state index >= 15 is 0 Å². The van der Waals surface area contributed by atoms with Gasteiger partial charge in [-0.3, -0.25) is 9.48 Å². The largest absolute Gasteiger partial charge is 0.309 e. The molecule has 1 aromatic heterocycles. The molecule has 0 aliphatic heterocycles. The average molecular weight is 402 g/mol. The number of rotatable bonds is 5. The molecule has 6 rings (SSSR count). The topological polar surface area (TPSA) is 46.9 Å². The van der Waals surface area contributed by atoms with Crippen LogP contribution in [0.3, 0.4) is 0 Å². The van der Waals surface area contributed by atoms with Crippen LogP contribution in [-0.4, -0.2) is 15.7 Å². The van der Waals surface area contributed by atoms with Crippen molar-refractivity contribution in [3.8, 4) is 0 Å². The molecule has 4 aliphatic rings. The van der Waals surface area contributed by atoms with Gasteiger partial charge in [-0.05, 0) is 79.4 Å². The van der Waals surface area contributed by atoms with E-state index in [1.807, 2.05) is 0 Å². The Balaban J connectivity index is 1.22. The fourth-order valence-electron chi connectivity index (χ4n) is 6.37. The maximum Gasteiger partial charge on any atom is 0.226 e. The zero-order valence-electron chi connectivity index (χ0n) is 15.8. The van der Waals surface area contributed by atoms with E-state index in [4.69, 9.17) is 11.6 Å². The van der Waals surface area contributed by atoms with Gasteiger partial charge in [-0.1, -0.05) is 17.7 Å². The van der Waals surface area contributed by atoms with Crippen LogP contribution >= 0.6 is 11.6 Å². The molecule has 4 nitrogen and oxygen atoms in total. The van der Waals surface area contributed by atoms with Crippen molar-refractivity contribution >= 4 is 23.3 Å². The van der Waals surface area contributed by atoms with Crippen LogP contribution in [0.2, 0.25) is 5.02 Å². The second kappa shape index (κ2) is 6.87. The van der Waals surface area contributed by atoms with Crippen LogP contribution in [-0.2, 0) is 11.3 Å². The van der Waals surface area contributed by atoms with Gasteiger partial charge in [-0.15, -0.1) is 0 Å². The van der Waals surface area contributed by atoms with Crippen LogP contribution in [0.4, 0.5) is 10.2 Å². The van der Waals surface area contributed by atoms with Crippen LogP contribution < -0.4 is 5.32 Å². The second-order valence-electron chi connectivity index (χ2n) is 9.28. The van der Waals surface area contributed by atoms with Gasteiger partial charge >= 0.3 is 0 Å². The van der Waals surface area contributed by atoms with E-state index in [1.54, 1.807) is 23.0 Å². The maximum atomic E-state index is 13.2. The Kier molecular flexibility index (Phi) is 4.46. The van der Waals surface area contributed by atoms with Gasteiger partial charge in [0.05, 0.1) is 6.54 Å². The van der Waals surface area contributed by atoms with Gasteiger partial charge < -0.3 is 5.32 Å². The predicted molar refractivity (Wildman–Crippen MR) is 107 cm³/mol. The molecule has 4 saturated carbocycles. The molecule has 1 N–H and O–H groups in total. The van der Waals surface area contributed by atoms with Crippen molar-refractivity contribution in [1.29, 1.82) is 0 Å². The molecule has 0 unspecified atom stereocenters. The lowest BCUT2D eigenvalue weighted by atomic mass is 9.49. The minimum Gasteiger partial charge on any atom is -0.309 e. The molecule has 28 heavy (non-hydrogen) atoms. The molecular weight excluding hydrogens is 377 g/mol. The van der Waals surface area contributed by atoms with E-state index in [2.05, 4.69) is 10.4 Å². The number of anilines is 1. The number of carbonyl (C=O) groups excluding carboxylic acids is 1. The molecule has 4 aliphatic carbocycles. The second-order valence-corrected chi connectivity index (χ2v) is 9.68. The third kappa shape index (κ3) is 3.57. The number of aromatic nitrogens is 2. The summed E-state index contributed by atoms with van der Waals surface area (Å²) in [4.78, 5) is 12.7. The molecule has 4 fully saturated rings. The highest BCUT2D eigenvalue weighted by atomic mass is 35.5. The third-order valence-electron chi connectivity index (χ3n) is 6.96. The van der Waals surface area contributed by atoms with E-state index in [-0.39, 0.29) is 17.1 Å². The summed E-state index contributed by atoms with van der Waals surface area (Å²) in [6.07, 6.45) is 10.3. The lowest BCUT2D eigenvalue weighted by molar-refractivity contribution is -0.124. The SMILES string of the molecule is O=C(CC12CC3CC(CC(C3)C1)C2)Nc1ccn(Cc2ccc(F)cc2Cl)n1. The molecule has 1 heterocycles. The van der Waals surface area contributed by atoms with Crippen molar-refractivity contribution in [2.75, 3.05) is 5.32 Å². The first-order chi connectivity index (χ1) is 13.5. The van der Waals surface area contributed by atoms with Crippen molar-refractivity contribution in [2.45, 2.75) is 51.5 Å². The first-order valence-electron chi connectivity index (χ1n) is 10.2. The van der Waals surface area contributed by atoms with Gasteiger partial charge in [-0.2, -0.15) is 5.10 Å². The van der Waals surface area contributed by atoms with Crippen molar-refractivity contribution in [1.82, 2.24) is 9.78 Å². The Morgan fingerprint density at radius 2 is 1.86 bits per heavy atom. The van der Waals surface area contributed by atoms with Crippen molar-refractivity contribution in [3.05, 3.63) is 46.9 Å². The molecule has 1 aromatic carbocycles. The number of halogens is 2. The molecule has 0 radical (unpaired) electrons. The molecule has 0 atom stereocenters. The van der Waals surface area contributed by atoms with E-state index in [9.17, 15) is 9.18 Å². The molecule has 2 aromatic rings. The summed E-state index contributed by atoms with van der Waals surface area (Å²) >= 11 is 6.09. The van der Waals surface area contributed by atoms with Gasteiger partial charge in [0.1, 0.15) is 5.82 Å². The molecule has 4 bridgehead atoms. The zero-order chi connectivity index (χ0) is 19.3. The van der Waals surface area contributed by atoms with Gasteiger partial charge in [-0.25, -0.2) is 4.39 Å². The van der Waals surface area contributed by atoms with E-state index < -0.39 is 0 Å². The van der Waals surface area contributed by atoms with E-state index in [0.29, 0.717) is 23.8 Å². The van der Waals surface area contributed by atoms with Crippen LogP contribution in [0.15, 0.2) is 30.5 Å². The summed E-state index contributed by atoms with van der Waals surface area (Å²) in [5.41, 5.74) is 1.01. The van der Waals surface area contributed by atoms with Crippen molar-refractivity contribution < 1.29 is 9.18 Å². The summed E-state index contributed by atoms with van der Waals surface area (Å²) in [7, 11) is 0. The number of carbonyl (C=O) groups is 1. The summed E-state index contributed by atoms with van der Waals surface area (Å²) < 4.78 is 14.9. The quantitative estimate of drug-likeness (QED) is 0.741. The summed E-state index contributed by atoms with van der Waals surface area (Å²) in [5, 5.41) is 7.80. The van der Waals surface area contributed by atoms with Crippen LogP contribution in [0, 0.1) is 29.0 Å². The molecule has 1 amide bonds. The smallest absolute Gasteiger partial charge is 0.226 e. The van der Waals surface area contributed by atoms with Crippen LogP contribution in [0.5, 0.6) is 0 Å². The number of amides is 1. The summed E-state index contributed by atoms with van der Waals surface area (Å²) in [6, 6.07) is 6.15. The summed E-state index contributed by atoms with van der Waals surface area (Å²) in [6.45, 7) is 0.434.